The second kappa shape index (κ2) is 8.24. The van der Waals surface area contributed by atoms with Crippen LogP contribution in [0.1, 0.15) is 38.8 Å². The molecule has 2 atom stereocenters. The highest BCUT2D eigenvalue weighted by molar-refractivity contribution is 6.43. The van der Waals surface area contributed by atoms with Gasteiger partial charge in [-0.25, -0.2) is 4.79 Å². The van der Waals surface area contributed by atoms with Gasteiger partial charge >= 0.3 is 6.03 Å². The molecule has 0 saturated carbocycles. The number of hydrogen-bond donors (Lipinski definition) is 1. The summed E-state index contributed by atoms with van der Waals surface area (Å²) in [6.45, 7) is 8.27. The van der Waals surface area contributed by atoms with Crippen molar-refractivity contribution in [3.05, 3.63) is 27.7 Å². The highest BCUT2D eigenvalue weighted by Crippen LogP contribution is 2.37. The number of amides is 2. The van der Waals surface area contributed by atoms with Crippen molar-refractivity contribution in [1.82, 2.24) is 15.1 Å². The van der Waals surface area contributed by atoms with E-state index in [1.54, 1.807) is 13.2 Å². The number of piperidine rings is 1. The molecular weight excluding hydrogens is 373 g/mol. The maximum absolute atomic E-state index is 12.8. The first-order chi connectivity index (χ1) is 12.1. The molecule has 0 aliphatic carbocycles. The van der Waals surface area contributed by atoms with E-state index in [1.165, 1.54) is 0 Å². The van der Waals surface area contributed by atoms with Gasteiger partial charge in [-0.1, -0.05) is 43.1 Å². The largest absolute Gasteiger partial charge is 0.495 e. The van der Waals surface area contributed by atoms with Gasteiger partial charge in [0, 0.05) is 19.6 Å². The van der Waals surface area contributed by atoms with Gasteiger partial charge in [-0.05, 0) is 44.0 Å². The van der Waals surface area contributed by atoms with Gasteiger partial charge in [0.25, 0.3) is 0 Å². The van der Waals surface area contributed by atoms with Crippen molar-refractivity contribution in [2.45, 2.75) is 39.3 Å². The number of carbonyl (C=O) groups excluding carboxylic acids is 1. The topological polar surface area (TPSA) is 44.8 Å². The minimum Gasteiger partial charge on any atom is -0.495 e. The van der Waals surface area contributed by atoms with Crippen LogP contribution in [0.4, 0.5) is 4.79 Å². The van der Waals surface area contributed by atoms with Gasteiger partial charge in [-0.15, -0.1) is 0 Å². The van der Waals surface area contributed by atoms with E-state index in [1.807, 2.05) is 24.9 Å². The van der Waals surface area contributed by atoms with E-state index in [-0.39, 0.29) is 23.5 Å². The van der Waals surface area contributed by atoms with Crippen molar-refractivity contribution in [3.8, 4) is 5.75 Å². The molecule has 0 unspecified atom stereocenters. The molecule has 0 radical (unpaired) electrons. The van der Waals surface area contributed by atoms with Crippen LogP contribution in [0.15, 0.2) is 12.1 Å². The fourth-order valence-corrected chi connectivity index (χ4v) is 4.45. The third-order valence-corrected chi connectivity index (χ3v) is 6.13. The third-order valence-electron chi connectivity index (χ3n) is 5.25. The number of ether oxygens (including phenoxy) is 1. The Hall–Kier alpha value is -1.17. The molecular formula is C19H29Cl2N3O2. The van der Waals surface area contributed by atoms with Crippen molar-refractivity contribution in [3.63, 3.8) is 0 Å². The quantitative estimate of drug-likeness (QED) is 0.810. The number of halogens is 2. The normalized spacial score (nSPS) is 21.2. The lowest BCUT2D eigenvalue weighted by Crippen LogP contribution is -2.57. The SMILES string of the molecule is COc1ccc([C@H](C)NC(=O)N(C)[C@@H]2CCN(C)CC2(C)C)c(Cl)c1Cl. The predicted octanol–water partition coefficient (Wildman–Crippen LogP) is 4.43. The minimum absolute atomic E-state index is 0.0311. The predicted molar refractivity (Wildman–Crippen MR) is 107 cm³/mol. The molecule has 1 fully saturated rings. The third kappa shape index (κ3) is 4.38. The Bertz CT molecular complexity index is 666. The van der Waals surface area contributed by atoms with Gasteiger partial charge < -0.3 is 19.9 Å². The molecule has 1 aliphatic heterocycles. The lowest BCUT2D eigenvalue weighted by atomic mass is 9.78. The molecule has 1 N–H and O–H groups in total. The maximum Gasteiger partial charge on any atom is 0.317 e. The fraction of sp³-hybridized carbons (Fsp3) is 0.632. The molecule has 1 aromatic carbocycles. The summed E-state index contributed by atoms with van der Waals surface area (Å²) in [7, 11) is 5.53. The molecule has 1 aliphatic rings. The first-order valence-corrected chi connectivity index (χ1v) is 9.57. The minimum atomic E-state index is -0.268. The summed E-state index contributed by atoms with van der Waals surface area (Å²) < 4.78 is 5.17. The average Bonchev–Trinajstić information content (AvgIpc) is 2.55. The Labute approximate surface area is 166 Å². The first-order valence-electron chi connectivity index (χ1n) is 8.82. The van der Waals surface area contributed by atoms with Crippen LogP contribution in [0.2, 0.25) is 10.0 Å². The number of urea groups is 1. The molecule has 1 saturated heterocycles. The first kappa shape index (κ1) is 21.1. The van der Waals surface area contributed by atoms with Crippen molar-refractivity contribution in [2.75, 3.05) is 34.3 Å². The average molecular weight is 402 g/mol. The Balaban J connectivity index is 2.10. The Morgan fingerprint density at radius 1 is 1.38 bits per heavy atom. The zero-order valence-corrected chi connectivity index (χ0v) is 17.9. The van der Waals surface area contributed by atoms with E-state index in [4.69, 9.17) is 27.9 Å². The number of methoxy groups -OCH3 is 1. The lowest BCUT2D eigenvalue weighted by Gasteiger charge is -2.47. The van der Waals surface area contributed by atoms with Crippen molar-refractivity contribution in [1.29, 1.82) is 0 Å². The zero-order chi connectivity index (χ0) is 19.6. The molecule has 1 aromatic rings. The second-order valence-corrected chi connectivity index (χ2v) is 8.55. The number of carbonyl (C=O) groups is 1. The Kier molecular flexibility index (Phi) is 6.70. The van der Waals surface area contributed by atoms with Crippen molar-refractivity contribution < 1.29 is 9.53 Å². The van der Waals surface area contributed by atoms with E-state index in [0.717, 1.165) is 25.1 Å². The molecule has 1 heterocycles. The van der Waals surface area contributed by atoms with Crippen LogP contribution < -0.4 is 10.1 Å². The highest BCUT2D eigenvalue weighted by Gasteiger charge is 2.39. The molecule has 0 bridgehead atoms. The highest BCUT2D eigenvalue weighted by atomic mass is 35.5. The molecule has 0 spiro atoms. The van der Waals surface area contributed by atoms with E-state index >= 15 is 0 Å². The molecule has 146 valence electrons. The number of rotatable bonds is 4. The van der Waals surface area contributed by atoms with Gasteiger partial charge in [-0.3, -0.25) is 0 Å². The number of nitrogens with zero attached hydrogens (tertiary/aromatic N) is 2. The summed E-state index contributed by atoms with van der Waals surface area (Å²) >= 11 is 12.6. The lowest BCUT2D eigenvalue weighted by molar-refractivity contribution is 0.0446. The van der Waals surface area contributed by atoms with Gasteiger partial charge in [0.05, 0.1) is 18.2 Å². The van der Waals surface area contributed by atoms with Crippen molar-refractivity contribution in [2.24, 2.45) is 5.41 Å². The summed E-state index contributed by atoms with van der Waals surface area (Å²) in [6, 6.07) is 3.40. The van der Waals surface area contributed by atoms with Crippen LogP contribution in [0.3, 0.4) is 0 Å². The summed E-state index contributed by atoms with van der Waals surface area (Å²) in [5, 5.41) is 3.80. The van der Waals surface area contributed by atoms with E-state index in [2.05, 4.69) is 31.1 Å². The summed E-state index contributed by atoms with van der Waals surface area (Å²) in [5.74, 6) is 0.518. The van der Waals surface area contributed by atoms with Gasteiger partial charge in [0.2, 0.25) is 0 Å². The van der Waals surface area contributed by atoms with Crippen LogP contribution >= 0.6 is 23.2 Å². The molecule has 5 nitrogen and oxygen atoms in total. The molecule has 26 heavy (non-hydrogen) atoms. The van der Waals surface area contributed by atoms with E-state index in [0.29, 0.717) is 15.8 Å². The molecule has 2 rings (SSSR count). The van der Waals surface area contributed by atoms with E-state index < -0.39 is 0 Å². The smallest absolute Gasteiger partial charge is 0.317 e. The van der Waals surface area contributed by atoms with Gasteiger partial charge in [0.1, 0.15) is 10.8 Å². The molecule has 0 aromatic heterocycles. The second-order valence-electron chi connectivity index (χ2n) is 7.80. The van der Waals surface area contributed by atoms with Crippen LogP contribution in [0.5, 0.6) is 5.75 Å². The Morgan fingerprint density at radius 2 is 2.04 bits per heavy atom. The maximum atomic E-state index is 12.8. The fourth-order valence-electron chi connectivity index (χ4n) is 3.88. The molecule has 7 heteroatoms. The zero-order valence-electron chi connectivity index (χ0n) is 16.4. The summed E-state index contributed by atoms with van der Waals surface area (Å²) in [5.41, 5.74) is 0.797. The number of nitrogens with one attached hydrogen (secondary N) is 1. The van der Waals surface area contributed by atoms with Crippen LogP contribution in [-0.4, -0.2) is 56.2 Å². The number of benzene rings is 1. The summed E-state index contributed by atoms with van der Waals surface area (Å²) in [4.78, 5) is 16.9. The Morgan fingerprint density at radius 3 is 2.62 bits per heavy atom. The van der Waals surface area contributed by atoms with Gasteiger partial charge in [-0.2, -0.15) is 0 Å². The summed E-state index contributed by atoms with van der Waals surface area (Å²) in [6.07, 6.45) is 0.955. The van der Waals surface area contributed by atoms with Gasteiger partial charge in [0.15, 0.2) is 0 Å². The standard InChI is InChI=1S/C19H29Cl2N3O2/c1-12(13-7-8-14(26-6)17(21)16(13)20)22-18(25)24(5)15-9-10-23(4)11-19(15,2)3/h7-8,12,15H,9-11H2,1-6H3,(H,22,25)/t12-,15+/m0/s1. The van der Waals surface area contributed by atoms with Crippen LogP contribution in [-0.2, 0) is 0 Å². The van der Waals surface area contributed by atoms with E-state index in [9.17, 15) is 4.79 Å². The monoisotopic (exact) mass is 401 g/mol. The van der Waals surface area contributed by atoms with Crippen LogP contribution in [0.25, 0.3) is 0 Å². The van der Waals surface area contributed by atoms with Crippen molar-refractivity contribution >= 4 is 29.2 Å². The number of hydrogen-bond acceptors (Lipinski definition) is 3. The number of likely N-dealkylation sites (tertiary alicyclic amines) is 1. The molecule has 2 amide bonds. The van der Waals surface area contributed by atoms with Crippen LogP contribution in [0, 0.1) is 5.41 Å².